The zero-order valence-electron chi connectivity index (χ0n) is 5.22. The van der Waals surface area contributed by atoms with E-state index in [2.05, 4.69) is 29.5 Å². The third-order valence-electron chi connectivity index (χ3n) is 1.18. The number of hydrazine groups is 1. The van der Waals surface area contributed by atoms with Crippen molar-refractivity contribution in [1.29, 1.82) is 0 Å². The summed E-state index contributed by atoms with van der Waals surface area (Å²) in [5.74, 6) is 0. The first-order valence-corrected chi connectivity index (χ1v) is 3.03. The van der Waals surface area contributed by atoms with Crippen molar-refractivity contribution in [3.05, 3.63) is 12.2 Å². The van der Waals surface area contributed by atoms with Crippen LogP contribution in [0.25, 0.3) is 0 Å². The highest BCUT2D eigenvalue weighted by atomic mass is 15.7. The van der Waals surface area contributed by atoms with E-state index in [9.17, 15) is 0 Å². The van der Waals surface area contributed by atoms with Crippen molar-refractivity contribution >= 4 is 0 Å². The third-order valence-corrected chi connectivity index (χ3v) is 1.18. The van der Waals surface area contributed by atoms with Crippen LogP contribution in [-0.4, -0.2) is 18.2 Å². The Hall–Kier alpha value is -0.340. The summed E-state index contributed by atoms with van der Waals surface area (Å²) in [6, 6.07) is 0. The SMILES string of the molecule is C/C=C\CCN1CN1. The molecule has 1 aliphatic heterocycles. The van der Waals surface area contributed by atoms with Gasteiger partial charge in [-0.15, -0.1) is 0 Å². The molecule has 2 nitrogen and oxygen atoms in total. The van der Waals surface area contributed by atoms with Gasteiger partial charge in [-0.2, -0.15) is 0 Å². The summed E-state index contributed by atoms with van der Waals surface area (Å²) in [5, 5.41) is 2.18. The third kappa shape index (κ3) is 2.09. The summed E-state index contributed by atoms with van der Waals surface area (Å²) in [4.78, 5) is 0. The molecule has 0 aromatic heterocycles. The molecule has 1 atom stereocenters. The Morgan fingerprint density at radius 2 is 2.50 bits per heavy atom. The van der Waals surface area contributed by atoms with Gasteiger partial charge in [0.2, 0.25) is 0 Å². The standard InChI is InChI=1S/C6H12N2/c1-2-3-4-5-8-6-7-8/h2-3,7H,4-6H2,1H3/b3-2-. The largest absolute Gasteiger partial charge is 0.238 e. The molecule has 1 heterocycles. The number of nitrogens with one attached hydrogen (secondary N) is 1. The monoisotopic (exact) mass is 112 g/mol. The van der Waals surface area contributed by atoms with E-state index in [1.54, 1.807) is 0 Å². The fraction of sp³-hybridized carbons (Fsp3) is 0.667. The number of rotatable bonds is 3. The average molecular weight is 112 g/mol. The minimum Gasteiger partial charge on any atom is -0.238 e. The zero-order chi connectivity index (χ0) is 5.82. The molecule has 0 spiro atoms. The minimum absolute atomic E-state index is 1.08. The van der Waals surface area contributed by atoms with Crippen molar-refractivity contribution in [2.45, 2.75) is 13.3 Å². The van der Waals surface area contributed by atoms with Crippen LogP contribution in [0, 0.1) is 0 Å². The summed E-state index contributed by atoms with van der Waals surface area (Å²) in [6.45, 7) is 4.29. The Morgan fingerprint density at radius 1 is 1.75 bits per heavy atom. The van der Waals surface area contributed by atoms with Crippen molar-refractivity contribution < 1.29 is 0 Å². The fourth-order valence-electron chi connectivity index (χ4n) is 0.605. The normalized spacial score (nSPS) is 26.9. The first-order valence-electron chi connectivity index (χ1n) is 3.03. The number of allylic oxidation sites excluding steroid dienone is 1. The molecule has 2 heteroatoms. The number of hydrogen-bond acceptors (Lipinski definition) is 2. The van der Waals surface area contributed by atoms with Crippen LogP contribution < -0.4 is 5.43 Å². The average Bonchev–Trinajstić information content (AvgIpc) is 2.51. The molecule has 0 saturated carbocycles. The topological polar surface area (TPSA) is 25.0 Å². The highest BCUT2D eigenvalue weighted by molar-refractivity contribution is 4.78. The van der Waals surface area contributed by atoms with Gasteiger partial charge in [0.25, 0.3) is 0 Å². The molecule has 1 saturated heterocycles. The van der Waals surface area contributed by atoms with E-state index in [0.29, 0.717) is 0 Å². The predicted molar refractivity (Wildman–Crippen MR) is 34.1 cm³/mol. The van der Waals surface area contributed by atoms with Crippen LogP contribution in [0.1, 0.15) is 13.3 Å². The molecule has 1 N–H and O–H groups in total. The molecule has 46 valence electrons. The van der Waals surface area contributed by atoms with Crippen LogP contribution in [0.5, 0.6) is 0 Å². The van der Waals surface area contributed by atoms with Crippen LogP contribution >= 0.6 is 0 Å². The second-order valence-corrected chi connectivity index (χ2v) is 1.94. The Morgan fingerprint density at radius 3 is 3.00 bits per heavy atom. The first kappa shape index (κ1) is 5.79. The van der Waals surface area contributed by atoms with Gasteiger partial charge in [0.05, 0.1) is 6.67 Å². The van der Waals surface area contributed by atoms with Crippen LogP contribution in [0.15, 0.2) is 12.2 Å². The van der Waals surface area contributed by atoms with Crippen molar-refractivity contribution in [3.8, 4) is 0 Å². The zero-order valence-corrected chi connectivity index (χ0v) is 5.22. The molecule has 0 aromatic rings. The van der Waals surface area contributed by atoms with Crippen LogP contribution in [0.3, 0.4) is 0 Å². The van der Waals surface area contributed by atoms with Gasteiger partial charge in [0.1, 0.15) is 0 Å². The van der Waals surface area contributed by atoms with E-state index >= 15 is 0 Å². The van der Waals surface area contributed by atoms with Gasteiger partial charge >= 0.3 is 0 Å². The Labute approximate surface area is 50.1 Å². The lowest BCUT2D eigenvalue weighted by Gasteiger charge is -1.89. The summed E-state index contributed by atoms with van der Waals surface area (Å²) >= 11 is 0. The predicted octanol–water partition coefficient (Wildman–Crippen LogP) is 0.730. The molecule has 0 bridgehead atoms. The van der Waals surface area contributed by atoms with E-state index in [4.69, 9.17) is 0 Å². The summed E-state index contributed by atoms with van der Waals surface area (Å²) in [5.41, 5.74) is 3.09. The second kappa shape index (κ2) is 2.84. The second-order valence-electron chi connectivity index (χ2n) is 1.94. The number of hydrogen-bond donors (Lipinski definition) is 1. The van der Waals surface area contributed by atoms with Crippen molar-refractivity contribution in [2.24, 2.45) is 0 Å². The Bertz CT molecular complexity index is 84.5. The molecule has 0 radical (unpaired) electrons. The van der Waals surface area contributed by atoms with Gasteiger partial charge in [0.15, 0.2) is 0 Å². The highest BCUT2D eigenvalue weighted by Gasteiger charge is 2.12. The van der Waals surface area contributed by atoms with Crippen LogP contribution in [-0.2, 0) is 0 Å². The van der Waals surface area contributed by atoms with Gasteiger partial charge < -0.3 is 0 Å². The van der Waals surface area contributed by atoms with Crippen LogP contribution in [0.4, 0.5) is 0 Å². The van der Waals surface area contributed by atoms with Gasteiger partial charge in [-0.05, 0) is 13.3 Å². The molecule has 0 aromatic carbocycles. The van der Waals surface area contributed by atoms with E-state index < -0.39 is 0 Å². The Kier molecular flexibility index (Phi) is 2.06. The lowest BCUT2D eigenvalue weighted by Crippen LogP contribution is -2.00. The maximum Gasteiger partial charge on any atom is 0.0754 e. The number of nitrogens with zero attached hydrogens (tertiary/aromatic N) is 1. The lowest BCUT2D eigenvalue weighted by atomic mass is 10.4. The molecule has 8 heavy (non-hydrogen) atoms. The molecular weight excluding hydrogens is 100 g/mol. The molecular formula is C6H12N2. The molecule has 1 aliphatic rings. The molecule has 1 fully saturated rings. The Balaban J connectivity index is 1.88. The quantitative estimate of drug-likeness (QED) is 0.430. The van der Waals surface area contributed by atoms with E-state index in [-0.39, 0.29) is 0 Å². The van der Waals surface area contributed by atoms with Crippen molar-refractivity contribution in [1.82, 2.24) is 10.4 Å². The molecule has 0 amide bonds. The van der Waals surface area contributed by atoms with Gasteiger partial charge in [0, 0.05) is 6.54 Å². The highest BCUT2D eigenvalue weighted by Crippen LogP contribution is 1.95. The van der Waals surface area contributed by atoms with Crippen LogP contribution in [0.2, 0.25) is 0 Å². The molecule has 0 aliphatic carbocycles. The smallest absolute Gasteiger partial charge is 0.0754 e. The summed E-state index contributed by atoms with van der Waals surface area (Å²) < 4.78 is 0. The maximum atomic E-state index is 3.09. The van der Waals surface area contributed by atoms with Gasteiger partial charge in [-0.1, -0.05) is 12.2 Å². The van der Waals surface area contributed by atoms with E-state index in [1.807, 2.05) is 0 Å². The first-order chi connectivity index (χ1) is 3.93. The minimum atomic E-state index is 1.08. The van der Waals surface area contributed by atoms with Crippen molar-refractivity contribution in [3.63, 3.8) is 0 Å². The molecule has 1 rings (SSSR count). The van der Waals surface area contributed by atoms with Gasteiger partial charge in [-0.3, -0.25) is 0 Å². The summed E-state index contributed by atoms with van der Waals surface area (Å²) in [6.07, 6.45) is 5.44. The lowest BCUT2D eigenvalue weighted by molar-refractivity contribution is 0.521. The van der Waals surface area contributed by atoms with Crippen molar-refractivity contribution in [2.75, 3.05) is 13.2 Å². The van der Waals surface area contributed by atoms with Gasteiger partial charge in [-0.25, -0.2) is 10.4 Å². The van der Waals surface area contributed by atoms with E-state index in [0.717, 1.165) is 13.2 Å². The maximum absolute atomic E-state index is 3.09. The summed E-state index contributed by atoms with van der Waals surface area (Å²) in [7, 11) is 0. The molecule has 1 unspecified atom stereocenters. The fourth-order valence-corrected chi connectivity index (χ4v) is 0.605. The van der Waals surface area contributed by atoms with E-state index in [1.165, 1.54) is 6.42 Å².